The molecule has 0 N–H and O–H groups in total. The maximum atomic E-state index is 11.3. The Morgan fingerprint density at radius 2 is 1.84 bits per heavy atom. The molecule has 0 saturated carbocycles. The van der Waals surface area contributed by atoms with Gasteiger partial charge in [-0.15, -0.1) is 0 Å². The molecule has 0 bridgehead atoms. The van der Waals surface area contributed by atoms with Crippen LogP contribution in [-0.2, 0) is 16.5 Å². The van der Waals surface area contributed by atoms with Crippen molar-refractivity contribution in [2.45, 2.75) is 18.2 Å². The van der Waals surface area contributed by atoms with E-state index in [4.69, 9.17) is 0 Å². The molecule has 3 nitrogen and oxygen atoms in total. The van der Waals surface area contributed by atoms with Gasteiger partial charge in [0.25, 0.3) is 0 Å². The summed E-state index contributed by atoms with van der Waals surface area (Å²) in [5.74, 6) is 0. The van der Waals surface area contributed by atoms with Gasteiger partial charge in [-0.1, -0.05) is 42.5 Å². The molecule has 0 heterocycles. The Bertz CT molecular complexity index is 721. The smallest absolute Gasteiger partial charge is 0.744 e. The zero-order valence-corrected chi connectivity index (χ0v) is 15.0. The van der Waals surface area contributed by atoms with Crippen molar-refractivity contribution in [3.8, 4) is 0 Å². The van der Waals surface area contributed by atoms with Crippen molar-refractivity contribution < 1.29 is 64.4 Å². The molecule has 0 aliphatic heterocycles. The van der Waals surface area contributed by atoms with Gasteiger partial charge in [0.15, 0.2) is 0 Å². The largest absolute Gasteiger partial charge is 1.00 e. The summed E-state index contributed by atoms with van der Waals surface area (Å²) in [4.78, 5) is -0.149. The van der Waals surface area contributed by atoms with E-state index < -0.39 is 10.1 Å². The van der Waals surface area contributed by atoms with Gasteiger partial charge in [-0.3, -0.25) is 0 Å². The summed E-state index contributed by atoms with van der Waals surface area (Å²) in [5, 5.41) is 1.71. The van der Waals surface area contributed by atoms with Crippen LogP contribution in [0.4, 0.5) is 0 Å². The fourth-order valence-corrected chi connectivity index (χ4v) is 2.75. The molecule has 0 aromatic heterocycles. The van der Waals surface area contributed by atoms with Crippen LogP contribution in [0.3, 0.4) is 0 Å². The van der Waals surface area contributed by atoms with Gasteiger partial charge in [0.2, 0.25) is 0 Å². The first-order chi connectivity index (χ1) is 8.39. The number of rotatable bonds is 3. The summed E-state index contributed by atoms with van der Waals surface area (Å²) in [6, 6.07) is 10.4. The van der Waals surface area contributed by atoms with Gasteiger partial charge in [0.05, 0.1) is 4.90 Å². The van der Waals surface area contributed by atoms with Crippen LogP contribution in [0.25, 0.3) is 10.8 Å². The van der Waals surface area contributed by atoms with E-state index in [1.54, 1.807) is 6.07 Å². The van der Waals surface area contributed by atoms with E-state index >= 15 is 0 Å². The number of fused-ring (bicyclic) bond motifs is 1. The van der Waals surface area contributed by atoms with E-state index in [0.29, 0.717) is 12.0 Å². The molecule has 0 amide bonds. The summed E-state index contributed by atoms with van der Waals surface area (Å²) in [7, 11) is -4.46. The SMILES string of the molecule is C=C(C)Cc1c(S(=O)(=O)[O-])ccc2ccccc12.[K+]. The summed E-state index contributed by atoms with van der Waals surface area (Å²) >= 11 is 0. The molecule has 0 spiro atoms. The molecule has 0 atom stereocenters. The minimum absolute atomic E-state index is 0. The molecule has 2 rings (SSSR count). The van der Waals surface area contributed by atoms with E-state index in [1.165, 1.54) is 6.07 Å². The standard InChI is InChI=1S/C14H14O3S.K/c1-10(2)9-13-12-6-4-3-5-11(12)7-8-14(13)18(15,16)17;/h3-8H,1,9H2,2H3,(H,15,16,17);/q;+1/p-1. The Balaban J connectivity index is 0.00000180. The van der Waals surface area contributed by atoms with Gasteiger partial charge in [-0.05, 0) is 35.7 Å². The van der Waals surface area contributed by atoms with Gasteiger partial charge in [-0.25, -0.2) is 8.42 Å². The molecule has 0 saturated heterocycles. The molecule has 2 aromatic carbocycles. The Morgan fingerprint density at radius 1 is 1.21 bits per heavy atom. The van der Waals surface area contributed by atoms with Crippen LogP contribution >= 0.6 is 0 Å². The Hall–Kier alpha value is -0.0136. The van der Waals surface area contributed by atoms with Crippen LogP contribution in [-0.4, -0.2) is 13.0 Å². The first-order valence-electron chi connectivity index (χ1n) is 5.50. The maximum Gasteiger partial charge on any atom is 1.00 e. The van der Waals surface area contributed by atoms with Gasteiger partial charge in [-0.2, -0.15) is 0 Å². The zero-order valence-electron chi connectivity index (χ0n) is 11.0. The van der Waals surface area contributed by atoms with Crippen LogP contribution in [0.1, 0.15) is 12.5 Å². The fraction of sp³-hybridized carbons (Fsp3) is 0.143. The van der Waals surface area contributed by atoms with Crippen LogP contribution in [0, 0.1) is 0 Å². The molecule has 0 radical (unpaired) electrons. The first-order valence-corrected chi connectivity index (χ1v) is 6.91. The van der Waals surface area contributed by atoms with E-state index in [9.17, 15) is 13.0 Å². The van der Waals surface area contributed by atoms with E-state index in [2.05, 4.69) is 6.58 Å². The molecule has 0 aliphatic carbocycles. The van der Waals surface area contributed by atoms with Crippen molar-refractivity contribution in [1.82, 2.24) is 0 Å². The van der Waals surface area contributed by atoms with Crippen molar-refractivity contribution in [3.05, 3.63) is 54.1 Å². The number of hydrogen-bond donors (Lipinski definition) is 0. The molecule has 0 aliphatic rings. The van der Waals surface area contributed by atoms with Crippen molar-refractivity contribution >= 4 is 20.9 Å². The summed E-state index contributed by atoms with van der Waals surface area (Å²) in [6.07, 6.45) is 0.387. The molecule has 5 heteroatoms. The summed E-state index contributed by atoms with van der Waals surface area (Å²) in [6.45, 7) is 5.59. The topological polar surface area (TPSA) is 57.2 Å². The third-order valence-electron chi connectivity index (χ3n) is 2.75. The van der Waals surface area contributed by atoms with Crippen LogP contribution in [0.15, 0.2) is 53.4 Å². The fourth-order valence-electron chi connectivity index (χ4n) is 2.03. The first kappa shape index (κ1) is 17.0. The normalized spacial score (nSPS) is 11.1. The van der Waals surface area contributed by atoms with Gasteiger partial charge in [0, 0.05) is 0 Å². The van der Waals surface area contributed by atoms with Gasteiger partial charge in [0.1, 0.15) is 10.1 Å². The third-order valence-corrected chi connectivity index (χ3v) is 3.67. The molecule has 2 aromatic rings. The maximum absolute atomic E-state index is 11.3. The van der Waals surface area contributed by atoms with E-state index in [0.717, 1.165) is 16.3 Å². The van der Waals surface area contributed by atoms with E-state index in [1.807, 2.05) is 31.2 Å². The molecular weight excluding hydrogens is 287 g/mol. The van der Waals surface area contributed by atoms with Crippen molar-refractivity contribution in [1.29, 1.82) is 0 Å². The Morgan fingerprint density at radius 3 is 2.42 bits per heavy atom. The predicted molar refractivity (Wildman–Crippen MR) is 70.4 cm³/mol. The molecule has 0 unspecified atom stereocenters. The zero-order chi connectivity index (χ0) is 13.3. The Kier molecular flexibility index (Phi) is 5.94. The average molecular weight is 300 g/mol. The third kappa shape index (κ3) is 3.98. The summed E-state index contributed by atoms with van der Waals surface area (Å²) < 4.78 is 33.9. The monoisotopic (exact) mass is 300 g/mol. The van der Waals surface area contributed by atoms with Gasteiger partial charge < -0.3 is 4.55 Å². The van der Waals surface area contributed by atoms with Crippen molar-refractivity contribution in [2.75, 3.05) is 0 Å². The number of allylic oxidation sites excluding steroid dienone is 1. The Labute approximate surface area is 155 Å². The molecular formula is C14H13KO3S. The van der Waals surface area contributed by atoms with Crippen LogP contribution in [0.5, 0.6) is 0 Å². The number of benzene rings is 2. The van der Waals surface area contributed by atoms with Crippen LogP contribution < -0.4 is 51.4 Å². The second-order valence-corrected chi connectivity index (χ2v) is 5.70. The second-order valence-electron chi connectivity index (χ2n) is 4.35. The average Bonchev–Trinajstić information content (AvgIpc) is 2.27. The second kappa shape index (κ2) is 6.63. The van der Waals surface area contributed by atoms with Crippen molar-refractivity contribution in [3.63, 3.8) is 0 Å². The molecule has 0 fully saturated rings. The minimum Gasteiger partial charge on any atom is -0.744 e. The van der Waals surface area contributed by atoms with Gasteiger partial charge >= 0.3 is 51.4 Å². The quantitative estimate of drug-likeness (QED) is 0.451. The predicted octanol–water partition coefficient (Wildman–Crippen LogP) is -0.133. The van der Waals surface area contributed by atoms with Crippen LogP contribution in [0.2, 0.25) is 0 Å². The van der Waals surface area contributed by atoms with E-state index in [-0.39, 0.29) is 56.3 Å². The number of hydrogen-bond acceptors (Lipinski definition) is 3. The minimum atomic E-state index is -4.46. The molecule has 19 heavy (non-hydrogen) atoms. The summed E-state index contributed by atoms with van der Waals surface area (Å²) in [5.41, 5.74) is 1.35. The van der Waals surface area contributed by atoms with Crippen molar-refractivity contribution in [2.24, 2.45) is 0 Å². The molecule has 94 valence electrons.